The van der Waals surface area contributed by atoms with E-state index in [0.717, 1.165) is 11.1 Å². The molecular formula is C16H17NO3. The highest BCUT2D eigenvalue weighted by Gasteiger charge is 2.16. The number of amides is 1. The van der Waals surface area contributed by atoms with E-state index in [1.165, 1.54) is 6.07 Å². The number of benzene rings is 1. The lowest BCUT2D eigenvalue weighted by Crippen LogP contribution is -2.23. The van der Waals surface area contributed by atoms with Crippen LogP contribution in [0.2, 0.25) is 0 Å². The lowest BCUT2D eigenvalue weighted by molar-refractivity contribution is 0.102. The second-order valence-electron chi connectivity index (χ2n) is 4.92. The van der Waals surface area contributed by atoms with Crippen LogP contribution in [0.15, 0.2) is 33.5 Å². The summed E-state index contributed by atoms with van der Waals surface area (Å²) in [5.74, 6) is 0.388. The van der Waals surface area contributed by atoms with Crippen molar-refractivity contribution in [2.75, 3.05) is 5.32 Å². The summed E-state index contributed by atoms with van der Waals surface area (Å²) in [5.41, 5.74) is 2.41. The van der Waals surface area contributed by atoms with Crippen LogP contribution in [0, 0.1) is 27.7 Å². The molecule has 4 nitrogen and oxygen atoms in total. The van der Waals surface area contributed by atoms with Crippen LogP contribution in [0.1, 0.15) is 33.0 Å². The van der Waals surface area contributed by atoms with E-state index in [0.29, 0.717) is 17.2 Å². The zero-order valence-corrected chi connectivity index (χ0v) is 12.0. The molecule has 0 aliphatic heterocycles. The molecule has 0 aliphatic rings. The van der Waals surface area contributed by atoms with Gasteiger partial charge < -0.3 is 9.73 Å². The van der Waals surface area contributed by atoms with Crippen molar-refractivity contribution < 1.29 is 9.21 Å². The molecule has 4 heteroatoms. The molecule has 0 saturated carbocycles. The monoisotopic (exact) mass is 271 g/mol. The molecule has 2 aromatic rings. The van der Waals surface area contributed by atoms with Gasteiger partial charge >= 0.3 is 0 Å². The van der Waals surface area contributed by atoms with Crippen molar-refractivity contribution >= 4 is 11.6 Å². The van der Waals surface area contributed by atoms with Gasteiger partial charge in [-0.05, 0) is 44.9 Å². The maximum absolute atomic E-state index is 12.3. The van der Waals surface area contributed by atoms with Crippen molar-refractivity contribution in [2.45, 2.75) is 27.7 Å². The minimum atomic E-state index is -0.440. The standard InChI is InChI=1S/C16H17NO3/c1-9-5-6-10(2)13(7-9)17-16(19)15-12(4)20-11(3)8-14(15)18/h5-8H,1-4H3,(H,17,19). The van der Waals surface area contributed by atoms with Gasteiger partial charge in [0.15, 0.2) is 5.43 Å². The molecular weight excluding hydrogens is 254 g/mol. The lowest BCUT2D eigenvalue weighted by atomic mass is 10.1. The molecule has 0 atom stereocenters. The first kappa shape index (κ1) is 14.1. The molecule has 1 aromatic carbocycles. The van der Waals surface area contributed by atoms with Crippen LogP contribution in [0.4, 0.5) is 5.69 Å². The summed E-state index contributed by atoms with van der Waals surface area (Å²) >= 11 is 0. The molecule has 104 valence electrons. The quantitative estimate of drug-likeness (QED) is 0.912. The van der Waals surface area contributed by atoms with Crippen LogP contribution in [-0.4, -0.2) is 5.91 Å². The van der Waals surface area contributed by atoms with E-state index in [-0.39, 0.29) is 11.0 Å². The zero-order valence-electron chi connectivity index (χ0n) is 12.0. The Balaban J connectivity index is 2.38. The fraction of sp³-hybridized carbons (Fsp3) is 0.250. The number of carbonyl (C=O) groups is 1. The van der Waals surface area contributed by atoms with Crippen molar-refractivity contribution in [1.82, 2.24) is 0 Å². The SMILES string of the molecule is Cc1ccc(C)c(NC(=O)c2c(C)oc(C)cc2=O)c1. The topological polar surface area (TPSA) is 59.3 Å². The Hall–Kier alpha value is -2.36. The average Bonchev–Trinajstić information content (AvgIpc) is 2.32. The first-order valence-electron chi connectivity index (χ1n) is 6.38. The predicted molar refractivity (Wildman–Crippen MR) is 78.3 cm³/mol. The molecule has 1 N–H and O–H groups in total. The van der Waals surface area contributed by atoms with Gasteiger partial charge in [0.05, 0.1) is 0 Å². The summed E-state index contributed by atoms with van der Waals surface area (Å²) in [7, 11) is 0. The highest BCUT2D eigenvalue weighted by Crippen LogP contribution is 2.17. The zero-order chi connectivity index (χ0) is 14.9. The van der Waals surface area contributed by atoms with E-state index in [9.17, 15) is 9.59 Å². The van der Waals surface area contributed by atoms with E-state index in [1.54, 1.807) is 13.8 Å². The van der Waals surface area contributed by atoms with Crippen LogP contribution in [0.3, 0.4) is 0 Å². The first-order chi connectivity index (χ1) is 9.38. The minimum Gasteiger partial charge on any atom is -0.466 e. The normalized spacial score (nSPS) is 10.4. The number of aryl methyl sites for hydroxylation is 4. The number of nitrogens with one attached hydrogen (secondary N) is 1. The third-order valence-electron chi connectivity index (χ3n) is 3.12. The largest absolute Gasteiger partial charge is 0.466 e. The summed E-state index contributed by atoms with van der Waals surface area (Å²) in [6, 6.07) is 7.09. The first-order valence-corrected chi connectivity index (χ1v) is 6.38. The summed E-state index contributed by atoms with van der Waals surface area (Å²) in [4.78, 5) is 24.2. The summed E-state index contributed by atoms with van der Waals surface area (Å²) in [6.07, 6.45) is 0. The van der Waals surface area contributed by atoms with Crippen LogP contribution in [0.25, 0.3) is 0 Å². The number of rotatable bonds is 2. The van der Waals surface area contributed by atoms with Gasteiger partial charge in [0.1, 0.15) is 17.1 Å². The Labute approximate surface area is 117 Å². The van der Waals surface area contributed by atoms with Crippen LogP contribution in [-0.2, 0) is 0 Å². The highest BCUT2D eigenvalue weighted by atomic mass is 16.3. The summed E-state index contributed by atoms with van der Waals surface area (Å²) < 4.78 is 5.34. The second-order valence-corrected chi connectivity index (χ2v) is 4.92. The number of hydrogen-bond donors (Lipinski definition) is 1. The van der Waals surface area contributed by atoms with Gasteiger partial charge in [-0.1, -0.05) is 12.1 Å². The third-order valence-corrected chi connectivity index (χ3v) is 3.12. The van der Waals surface area contributed by atoms with Gasteiger partial charge in [0, 0.05) is 11.8 Å². The van der Waals surface area contributed by atoms with Gasteiger partial charge in [0.25, 0.3) is 5.91 Å². The van der Waals surface area contributed by atoms with Gasteiger partial charge in [-0.25, -0.2) is 0 Å². The van der Waals surface area contributed by atoms with Gasteiger partial charge in [-0.3, -0.25) is 9.59 Å². The molecule has 0 aliphatic carbocycles. The molecule has 0 spiro atoms. The predicted octanol–water partition coefficient (Wildman–Crippen LogP) is 3.13. The molecule has 1 heterocycles. The molecule has 20 heavy (non-hydrogen) atoms. The van der Waals surface area contributed by atoms with Crippen molar-refractivity contribution in [3.63, 3.8) is 0 Å². The molecule has 0 unspecified atom stereocenters. The fourth-order valence-corrected chi connectivity index (χ4v) is 2.08. The lowest BCUT2D eigenvalue weighted by Gasteiger charge is -2.10. The van der Waals surface area contributed by atoms with Gasteiger partial charge in [-0.2, -0.15) is 0 Å². The Morgan fingerprint density at radius 2 is 1.80 bits per heavy atom. The molecule has 0 saturated heterocycles. The molecule has 1 amide bonds. The average molecular weight is 271 g/mol. The second kappa shape index (κ2) is 5.33. The van der Waals surface area contributed by atoms with Crippen LogP contribution in [0.5, 0.6) is 0 Å². The van der Waals surface area contributed by atoms with E-state index in [1.807, 2.05) is 32.0 Å². The van der Waals surface area contributed by atoms with Crippen LogP contribution >= 0.6 is 0 Å². The van der Waals surface area contributed by atoms with E-state index >= 15 is 0 Å². The van der Waals surface area contributed by atoms with E-state index in [4.69, 9.17) is 4.42 Å². The molecule has 2 rings (SSSR count). The Morgan fingerprint density at radius 3 is 2.45 bits per heavy atom. The fourth-order valence-electron chi connectivity index (χ4n) is 2.08. The molecule has 0 fully saturated rings. The number of hydrogen-bond acceptors (Lipinski definition) is 3. The van der Waals surface area contributed by atoms with Crippen molar-refractivity contribution in [2.24, 2.45) is 0 Å². The molecule has 0 bridgehead atoms. The Morgan fingerprint density at radius 1 is 1.10 bits per heavy atom. The highest BCUT2D eigenvalue weighted by molar-refractivity contribution is 6.05. The van der Waals surface area contributed by atoms with Gasteiger partial charge in [-0.15, -0.1) is 0 Å². The number of carbonyl (C=O) groups excluding carboxylic acids is 1. The van der Waals surface area contributed by atoms with E-state index < -0.39 is 5.91 Å². The molecule has 0 radical (unpaired) electrons. The Bertz CT molecular complexity index is 729. The summed E-state index contributed by atoms with van der Waals surface area (Å²) in [5, 5.41) is 2.77. The maximum Gasteiger partial charge on any atom is 0.263 e. The van der Waals surface area contributed by atoms with E-state index in [2.05, 4.69) is 5.32 Å². The molecule has 1 aromatic heterocycles. The van der Waals surface area contributed by atoms with Crippen LogP contribution < -0.4 is 10.7 Å². The number of anilines is 1. The minimum absolute atomic E-state index is 0.0523. The smallest absolute Gasteiger partial charge is 0.263 e. The van der Waals surface area contributed by atoms with Crippen molar-refractivity contribution in [1.29, 1.82) is 0 Å². The third kappa shape index (κ3) is 2.79. The van der Waals surface area contributed by atoms with Crippen molar-refractivity contribution in [3.8, 4) is 0 Å². The Kier molecular flexibility index (Phi) is 3.74. The van der Waals surface area contributed by atoms with Crippen molar-refractivity contribution in [3.05, 3.63) is 62.7 Å². The maximum atomic E-state index is 12.3. The van der Waals surface area contributed by atoms with Gasteiger partial charge in [0.2, 0.25) is 0 Å². The summed E-state index contributed by atoms with van der Waals surface area (Å²) in [6.45, 7) is 7.15.